The van der Waals surface area contributed by atoms with Gasteiger partial charge in [0.25, 0.3) is 0 Å². The largest absolute Gasteiger partial charge is 0 e. The van der Waals surface area contributed by atoms with Gasteiger partial charge in [0.1, 0.15) is 0 Å². The molecule has 0 amide bonds. The summed E-state index contributed by atoms with van der Waals surface area (Å²) in [5.74, 6) is 4.67. The van der Waals surface area contributed by atoms with Crippen LogP contribution in [0.3, 0.4) is 0 Å². The predicted octanol–water partition coefficient (Wildman–Crippen LogP) is 0.690. The van der Waals surface area contributed by atoms with E-state index in [4.69, 9.17) is 0 Å². The van der Waals surface area contributed by atoms with E-state index in [9.17, 15) is 0 Å². The van der Waals surface area contributed by atoms with Gasteiger partial charge >= 0.3 is 42.3 Å². The molecule has 0 saturated heterocycles. The van der Waals surface area contributed by atoms with Crippen LogP contribution in [-0.2, 0) is 0 Å². The average molecular weight is 514 g/mol. The monoisotopic (exact) mass is 516 g/mol. The molecule has 4 heavy (non-hydrogen) atoms. The van der Waals surface area contributed by atoms with Crippen LogP contribution in [0.4, 0.5) is 0 Å². The summed E-state index contributed by atoms with van der Waals surface area (Å²) in [7, 11) is 0. The first-order chi connectivity index (χ1) is 1.00. The van der Waals surface area contributed by atoms with Crippen LogP contribution in [0, 0.1) is 113 Å². The van der Waals surface area contributed by atoms with Gasteiger partial charge in [0, 0.05) is 76.8 Å². The molecule has 1 radical (unpaired) electrons. The van der Waals surface area contributed by atoms with Gasteiger partial charge in [0.05, 0.1) is 0 Å². The zero-order valence-electron chi connectivity index (χ0n) is 1.38. The second-order valence-corrected chi connectivity index (χ2v) is 0. The molecule has 0 nitrogen and oxygen atoms in total. The molecule has 34 valence electrons. The van der Waals surface area contributed by atoms with Gasteiger partial charge in [-0.1, -0.05) is 0 Å². The third-order valence-electron chi connectivity index (χ3n) is 0. The van der Waals surface area contributed by atoms with Crippen molar-refractivity contribution in [3.63, 3.8) is 0 Å². The van der Waals surface area contributed by atoms with Crippen molar-refractivity contribution in [1.82, 2.24) is 0 Å². The molecule has 0 aromatic heterocycles. The van der Waals surface area contributed by atoms with Crippen molar-refractivity contribution in [1.29, 1.82) is 0 Å². The Morgan fingerprint density at radius 3 is 1.25 bits per heavy atom. The van der Waals surface area contributed by atoms with Crippen LogP contribution in [0.15, 0.2) is 0 Å². The Balaban J connectivity index is -0.00000000500. The number of halogens is 1. The van der Waals surface area contributed by atoms with E-state index in [2.05, 4.69) is 5.97 Å². The van der Waals surface area contributed by atoms with Gasteiger partial charge in [-0.05, 0) is 0 Å². The van der Waals surface area contributed by atoms with E-state index < -0.39 is 0 Å². The van der Waals surface area contributed by atoms with E-state index in [1.165, 1.54) is 36.4 Å². The topological polar surface area (TPSA) is 0 Å². The van der Waals surface area contributed by atoms with E-state index >= 15 is 0 Å². The molecule has 0 aromatic carbocycles. The molecule has 0 heterocycles. The van der Waals surface area contributed by atoms with Gasteiger partial charge in [0.15, 0.2) is 0 Å². The summed E-state index contributed by atoms with van der Waals surface area (Å²) in [5, 5.41) is 0. The Bertz CT molecular complexity index is 8.00. The minimum atomic E-state index is 0. The second kappa shape index (κ2) is 15.7. The maximum Gasteiger partial charge on any atom is 0 e. The molecule has 0 saturated carbocycles. The molecule has 0 bridgehead atoms. The molecular formula is ClDyGdTb. The molecular weight excluding hydrogens is 514 g/mol. The first-order valence-corrected chi connectivity index (χ1v) is 2.97. The van der Waals surface area contributed by atoms with E-state index in [0.717, 1.165) is 0 Å². The number of hydrogen-bond acceptors (Lipinski definition) is 0. The molecule has 0 aromatic rings. The molecule has 4 heteroatoms. The van der Waals surface area contributed by atoms with Crippen molar-refractivity contribution in [3.05, 3.63) is 0 Å². The van der Waals surface area contributed by atoms with E-state index in [1.807, 2.05) is 0 Å². The summed E-state index contributed by atoms with van der Waals surface area (Å²) >= 11 is 1.33. The van der Waals surface area contributed by atoms with Crippen molar-refractivity contribution in [2.24, 2.45) is 0 Å². The third kappa shape index (κ3) is 9.49. The Labute approximate surface area is 115 Å². The molecule has 0 unspecified atom stereocenters. The minimum Gasteiger partial charge on any atom is 0 e. The average Bonchev–Trinajstić information content (AvgIpc) is 1.00. The van der Waals surface area contributed by atoms with Crippen molar-refractivity contribution >= 4 is 5.97 Å². The second-order valence-electron chi connectivity index (χ2n) is 0. The predicted molar refractivity (Wildman–Crippen MR) is 5.85 cm³/mol. The van der Waals surface area contributed by atoms with Gasteiger partial charge in [-0.2, -0.15) is 0 Å². The molecule has 0 aliphatic heterocycles. The van der Waals surface area contributed by atoms with Gasteiger partial charge < -0.3 is 0 Å². The van der Waals surface area contributed by atoms with E-state index in [-0.39, 0.29) is 76.8 Å². The Morgan fingerprint density at radius 2 is 1.25 bits per heavy atom. The maximum absolute atomic E-state index is 4.67. The van der Waals surface area contributed by atoms with Crippen LogP contribution in [0.5, 0.6) is 0 Å². The van der Waals surface area contributed by atoms with Crippen LogP contribution < -0.4 is 0 Å². The van der Waals surface area contributed by atoms with Crippen LogP contribution in [0.2, 0.25) is 0 Å². The molecule has 0 spiro atoms. The molecule has 0 N–H and O–H groups in total. The summed E-state index contributed by atoms with van der Waals surface area (Å²) in [6.07, 6.45) is 0. The van der Waals surface area contributed by atoms with Crippen molar-refractivity contribution in [3.8, 4) is 0 Å². The Kier molecular flexibility index (Phi) is 61.7. The van der Waals surface area contributed by atoms with Gasteiger partial charge in [0.2, 0.25) is 0 Å². The molecule has 0 aliphatic carbocycles. The SMILES string of the molecule is [Cl][Gd].[Dy].[Tb]. The molecule has 0 rings (SSSR count). The van der Waals surface area contributed by atoms with Crippen molar-refractivity contribution < 1.29 is 113 Å². The third-order valence-corrected chi connectivity index (χ3v) is 0. The van der Waals surface area contributed by atoms with Crippen LogP contribution in [-0.4, -0.2) is 0 Å². The maximum atomic E-state index is 4.67. The number of hydrogen-bond donors (Lipinski definition) is 0. The Morgan fingerprint density at radius 1 is 1.25 bits per heavy atom. The summed E-state index contributed by atoms with van der Waals surface area (Å²) < 4.78 is 0. The van der Waals surface area contributed by atoms with Gasteiger partial charge in [-0.25, -0.2) is 0 Å². The number of rotatable bonds is 0. The van der Waals surface area contributed by atoms with Gasteiger partial charge in [-0.3, -0.25) is 0 Å². The summed E-state index contributed by atoms with van der Waals surface area (Å²) in [6, 6.07) is 0. The van der Waals surface area contributed by atoms with Crippen LogP contribution in [0.25, 0.3) is 0 Å². The van der Waals surface area contributed by atoms with Crippen molar-refractivity contribution in [2.75, 3.05) is 0 Å². The summed E-state index contributed by atoms with van der Waals surface area (Å²) in [4.78, 5) is 0. The van der Waals surface area contributed by atoms with Gasteiger partial charge in [-0.15, -0.1) is 0 Å². The zero-order chi connectivity index (χ0) is 2.00. The van der Waals surface area contributed by atoms with Crippen LogP contribution in [0.1, 0.15) is 0 Å². The smallest absolute Gasteiger partial charge is 0 e. The van der Waals surface area contributed by atoms with E-state index in [1.54, 1.807) is 0 Å². The summed E-state index contributed by atoms with van der Waals surface area (Å²) in [5.41, 5.74) is 0. The Hall–Kier alpha value is 4.17. The zero-order valence-corrected chi connectivity index (χ0v) is 8.57. The van der Waals surface area contributed by atoms with E-state index in [0.29, 0.717) is 0 Å². The normalized spacial score (nSPS) is 1.50. The molecule has 0 aliphatic rings. The molecule has 0 atom stereocenters. The fourth-order valence-corrected chi connectivity index (χ4v) is 0. The standard InChI is InChI=1S/ClH.Dy.Gd.Tb/h1H;;;/q;;+1;/p-1. The minimum absolute atomic E-state index is 0. The fourth-order valence-electron chi connectivity index (χ4n) is 0. The van der Waals surface area contributed by atoms with Crippen LogP contribution >= 0.6 is 5.97 Å². The fraction of sp³-hybridized carbons (Fsp3) is 0. The first-order valence-electron chi connectivity index (χ1n) is 0.134. The quantitative estimate of drug-likeness (QED) is 0.447. The summed E-state index contributed by atoms with van der Waals surface area (Å²) in [6.45, 7) is 0. The molecule has 0 fully saturated rings. The van der Waals surface area contributed by atoms with Crippen molar-refractivity contribution in [2.45, 2.75) is 0 Å². The first kappa shape index (κ1) is 15.7.